The van der Waals surface area contributed by atoms with Gasteiger partial charge in [-0.3, -0.25) is 0 Å². The molecule has 1 amide bonds. The van der Waals surface area contributed by atoms with Crippen molar-refractivity contribution >= 4 is 6.09 Å². The van der Waals surface area contributed by atoms with Gasteiger partial charge in [-0.25, -0.2) is 4.79 Å². The summed E-state index contributed by atoms with van der Waals surface area (Å²) in [5.74, 6) is 0.266. The summed E-state index contributed by atoms with van der Waals surface area (Å²) in [7, 11) is 0. The molecule has 86 valence electrons. The molecule has 2 aliphatic rings. The maximum absolute atomic E-state index is 11.8. The van der Waals surface area contributed by atoms with Crippen molar-refractivity contribution in [2.45, 2.75) is 51.4 Å². The van der Waals surface area contributed by atoms with Gasteiger partial charge < -0.3 is 14.7 Å². The Morgan fingerprint density at radius 1 is 1.40 bits per heavy atom. The number of likely N-dealkylation sites (tertiary alicyclic amines) is 1. The molecule has 1 saturated heterocycles. The van der Waals surface area contributed by atoms with E-state index in [9.17, 15) is 9.90 Å². The molecule has 0 spiro atoms. The third-order valence-corrected chi connectivity index (χ3v) is 3.13. The van der Waals surface area contributed by atoms with Crippen molar-refractivity contribution in [3.05, 3.63) is 0 Å². The molecule has 0 unspecified atom stereocenters. The summed E-state index contributed by atoms with van der Waals surface area (Å²) in [6.45, 7) is 6.26. The number of rotatable bonds is 0. The Morgan fingerprint density at radius 3 is 2.47 bits per heavy atom. The molecular formula is C11H19NO3. The van der Waals surface area contributed by atoms with Gasteiger partial charge in [-0.1, -0.05) is 0 Å². The standard InChI is InChI=1S/C11H19NO3/c1-11(2,3)15-10(14)12-6-7-4-8(12)5-9(7)13/h7-9,13H,4-6H2,1-3H3/t7-,8+,9-/m1/s1. The van der Waals surface area contributed by atoms with E-state index >= 15 is 0 Å². The molecule has 0 radical (unpaired) electrons. The average Bonchev–Trinajstić information content (AvgIpc) is 2.58. The van der Waals surface area contributed by atoms with Crippen molar-refractivity contribution in [2.24, 2.45) is 5.92 Å². The molecule has 1 N–H and O–H groups in total. The lowest BCUT2D eigenvalue weighted by Crippen LogP contribution is -2.44. The smallest absolute Gasteiger partial charge is 0.410 e. The molecule has 2 bridgehead atoms. The van der Waals surface area contributed by atoms with Crippen LogP contribution in [-0.2, 0) is 4.74 Å². The molecule has 3 atom stereocenters. The van der Waals surface area contributed by atoms with Gasteiger partial charge in [0, 0.05) is 18.5 Å². The molecule has 0 aromatic carbocycles. The van der Waals surface area contributed by atoms with Crippen molar-refractivity contribution in [3.63, 3.8) is 0 Å². The van der Waals surface area contributed by atoms with Crippen LogP contribution in [0.5, 0.6) is 0 Å². The highest BCUT2D eigenvalue weighted by Crippen LogP contribution is 2.38. The number of nitrogens with zero attached hydrogens (tertiary/aromatic N) is 1. The van der Waals surface area contributed by atoms with Crippen molar-refractivity contribution in [1.29, 1.82) is 0 Å². The molecule has 0 aromatic rings. The lowest BCUT2D eigenvalue weighted by atomic mass is 10.1. The molecule has 4 heteroatoms. The summed E-state index contributed by atoms with van der Waals surface area (Å²) in [5.41, 5.74) is -0.433. The molecule has 1 aliphatic heterocycles. The van der Waals surface area contributed by atoms with Crippen LogP contribution in [0.2, 0.25) is 0 Å². The van der Waals surface area contributed by atoms with E-state index in [2.05, 4.69) is 0 Å². The highest BCUT2D eigenvalue weighted by atomic mass is 16.6. The van der Waals surface area contributed by atoms with E-state index < -0.39 is 5.60 Å². The molecule has 2 fully saturated rings. The van der Waals surface area contributed by atoms with Gasteiger partial charge in [0.15, 0.2) is 0 Å². The summed E-state index contributed by atoms with van der Waals surface area (Å²) in [4.78, 5) is 13.5. The van der Waals surface area contributed by atoms with Crippen LogP contribution in [0, 0.1) is 5.92 Å². The van der Waals surface area contributed by atoms with E-state index in [0.717, 1.165) is 6.42 Å². The van der Waals surface area contributed by atoms with E-state index in [0.29, 0.717) is 13.0 Å². The Morgan fingerprint density at radius 2 is 2.07 bits per heavy atom. The van der Waals surface area contributed by atoms with E-state index in [-0.39, 0.29) is 24.2 Å². The van der Waals surface area contributed by atoms with E-state index in [1.54, 1.807) is 4.90 Å². The number of carbonyl (C=O) groups excluding carboxylic acids is 1. The van der Waals surface area contributed by atoms with Crippen LogP contribution in [0.3, 0.4) is 0 Å². The summed E-state index contributed by atoms with van der Waals surface area (Å²) >= 11 is 0. The third-order valence-electron chi connectivity index (χ3n) is 3.13. The van der Waals surface area contributed by atoms with Crippen LogP contribution >= 0.6 is 0 Å². The second kappa shape index (κ2) is 3.37. The van der Waals surface area contributed by atoms with Gasteiger partial charge in [0.25, 0.3) is 0 Å². The van der Waals surface area contributed by atoms with Crippen LogP contribution < -0.4 is 0 Å². The van der Waals surface area contributed by atoms with Crippen molar-refractivity contribution in [1.82, 2.24) is 4.90 Å². The lowest BCUT2D eigenvalue weighted by molar-refractivity contribution is 0.00788. The summed E-state index contributed by atoms with van der Waals surface area (Å²) in [6.07, 6.45) is 1.19. The second-order valence-electron chi connectivity index (χ2n) is 5.59. The summed E-state index contributed by atoms with van der Waals surface area (Å²) in [6, 6.07) is 0.194. The topological polar surface area (TPSA) is 49.8 Å². The molecular weight excluding hydrogens is 194 g/mol. The van der Waals surface area contributed by atoms with Crippen LogP contribution in [0.25, 0.3) is 0 Å². The Bertz CT molecular complexity index is 269. The Hall–Kier alpha value is -0.770. The van der Waals surface area contributed by atoms with Gasteiger partial charge in [-0.2, -0.15) is 0 Å². The van der Waals surface area contributed by atoms with Crippen molar-refractivity contribution in [3.8, 4) is 0 Å². The number of carbonyl (C=O) groups is 1. The molecule has 0 aromatic heterocycles. The minimum atomic E-state index is -0.433. The SMILES string of the molecule is CC(C)(C)OC(=O)N1C[C@H]2C[C@H]1C[C@H]2O. The predicted molar refractivity (Wildman–Crippen MR) is 55.5 cm³/mol. The van der Waals surface area contributed by atoms with Crippen molar-refractivity contribution < 1.29 is 14.6 Å². The zero-order chi connectivity index (χ0) is 11.2. The number of aliphatic hydroxyl groups is 1. The third kappa shape index (κ3) is 2.09. The first-order valence-corrected chi connectivity index (χ1v) is 5.54. The van der Waals surface area contributed by atoms with Gasteiger partial charge in [-0.15, -0.1) is 0 Å². The van der Waals surface area contributed by atoms with Gasteiger partial charge in [0.2, 0.25) is 0 Å². The number of fused-ring (bicyclic) bond motifs is 2. The number of hydrogen-bond acceptors (Lipinski definition) is 3. The van der Waals surface area contributed by atoms with Crippen LogP contribution in [-0.4, -0.2) is 40.4 Å². The quantitative estimate of drug-likeness (QED) is 0.661. The normalized spacial score (nSPS) is 34.7. The van der Waals surface area contributed by atoms with Gasteiger partial charge in [0.1, 0.15) is 5.60 Å². The van der Waals surface area contributed by atoms with E-state index in [4.69, 9.17) is 4.74 Å². The first-order chi connectivity index (χ1) is 6.87. The molecule has 1 heterocycles. The first kappa shape index (κ1) is 10.7. The number of aliphatic hydroxyl groups excluding tert-OH is 1. The van der Waals surface area contributed by atoms with Crippen LogP contribution in [0.1, 0.15) is 33.6 Å². The second-order valence-corrected chi connectivity index (χ2v) is 5.59. The monoisotopic (exact) mass is 213 g/mol. The predicted octanol–water partition coefficient (Wildman–Crippen LogP) is 1.38. The van der Waals surface area contributed by atoms with Gasteiger partial charge >= 0.3 is 6.09 Å². The lowest BCUT2D eigenvalue weighted by Gasteiger charge is -2.31. The number of hydrogen-bond donors (Lipinski definition) is 1. The number of ether oxygens (including phenoxy) is 1. The van der Waals surface area contributed by atoms with E-state index in [1.165, 1.54) is 0 Å². The zero-order valence-corrected chi connectivity index (χ0v) is 9.56. The molecule has 1 aliphatic carbocycles. The van der Waals surface area contributed by atoms with Crippen LogP contribution in [0.4, 0.5) is 4.79 Å². The minimum absolute atomic E-state index is 0.194. The fourth-order valence-corrected chi connectivity index (χ4v) is 2.47. The van der Waals surface area contributed by atoms with Crippen molar-refractivity contribution in [2.75, 3.05) is 6.54 Å². The average molecular weight is 213 g/mol. The maximum Gasteiger partial charge on any atom is 0.410 e. The first-order valence-electron chi connectivity index (χ1n) is 5.54. The Kier molecular flexibility index (Phi) is 2.41. The molecule has 15 heavy (non-hydrogen) atoms. The zero-order valence-electron chi connectivity index (χ0n) is 9.56. The molecule has 2 rings (SSSR count). The van der Waals surface area contributed by atoms with E-state index in [1.807, 2.05) is 20.8 Å². The van der Waals surface area contributed by atoms with Gasteiger partial charge in [-0.05, 0) is 33.6 Å². The fourth-order valence-electron chi connectivity index (χ4n) is 2.47. The molecule has 4 nitrogen and oxygen atoms in total. The maximum atomic E-state index is 11.8. The fraction of sp³-hybridized carbons (Fsp3) is 0.909. The highest BCUT2D eigenvalue weighted by Gasteiger charge is 2.46. The Labute approximate surface area is 90.2 Å². The van der Waals surface area contributed by atoms with Crippen LogP contribution in [0.15, 0.2) is 0 Å². The Balaban J connectivity index is 1.94. The summed E-state index contributed by atoms with van der Waals surface area (Å²) in [5, 5.41) is 9.57. The van der Waals surface area contributed by atoms with Gasteiger partial charge in [0.05, 0.1) is 6.10 Å². The largest absolute Gasteiger partial charge is 0.444 e. The summed E-state index contributed by atoms with van der Waals surface area (Å²) < 4.78 is 5.31. The minimum Gasteiger partial charge on any atom is -0.444 e. The highest BCUT2D eigenvalue weighted by molar-refractivity contribution is 5.69. The number of piperidine rings is 1. The number of amides is 1. The molecule has 1 saturated carbocycles.